The Labute approximate surface area is 311 Å². The maximum absolute atomic E-state index is 14.3. The summed E-state index contributed by atoms with van der Waals surface area (Å²) in [5.41, 5.74) is 5.62. The van der Waals surface area contributed by atoms with Crippen LogP contribution in [-0.4, -0.2) is 69.8 Å². The first kappa shape index (κ1) is 38.0. The summed E-state index contributed by atoms with van der Waals surface area (Å²) in [5.74, 6) is 0.318. The van der Waals surface area contributed by atoms with Crippen molar-refractivity contribution in [2.75, 3.05) is 26.2 Å². The van der Waals surface area contributed by atoms with Gasteiger partial charge in [0.05, 0.1) is 11.2 Å². The molecular weight excluding hydrogens is 674 g/mol. The number of fused-ring (bicyclic) bond motifs is 1. The third-order valence-corrected chi connectivity index (χ3v) is 11.9. The first-order valence-corrected chi connectivity index (χ1v) is 19.4. The van der Waals surface area contributed by atoms with Crippen LogP contribution in [0.25, 0.3) is 11.1 Å². The average Bonchev–Trinajstić information content (AvgIpc) is 3.71. The summed E-state index contributed by atoms with van der Waals surface area (Å²) in [5, 5.41) is 0.571. The molecule has 3 aromatic carbocycles. The molecule has 0 atom stereocenters. The minimum Gasteiger partial charge on any atom is -0.399 e. The second kappa shape index (κ2) is 16.1. The van der Waals surface area contributed by atoms with Crippen molar-refractivity contribution >= 4 is 30.3 Å². The lowest BCUT2D eigenvalue weighted by atomic mass is 9.79. The van der Waals surface area contributed by atoms with Crippen LogP contribution in [0.3, 0.4) is 0 Å². The van der Waals surface area contributed by atoms with Crippen molar-refractivity contribution in [3.63, 3.8) is 0 Å². The molecule has 1 aromatic heterocycles. The monoisotopic (exact) mass is 724 g/mol. The first-order chi connectivity index (χ1) is 24.9. The largest absolute Gasteiger partial charge is 0.494 e. The van der Waals surface area contributed by atoms with Crippen LogP contribution in [0.5, 0.6) is 0 Å². The fourth-order valence-corrected chi connectivity index (χ4v) is 7.72. The van der Waals surface area contributed by atoms with Crippen molar-refractivity contribution in [1.82, 2.24) is 19.4 Å². The number of thioether (sulfide) groups is 1. The molecule has 2 aliphatic rings. The Balaban J connectivity index is 1.20. The van der Waals surface area contributed by atoms with Gasteiger partial charge in [-0.2, -0.15) is 4.98 Å². The number of benzene rings is 3. The molecular formula is C41H50BFN4O4S. The molecule has 1 aliphatic heterocycles. The molecule has 0 unspecified atom stereocenters. The van der Waals surface area contributed by atoms with E-state index in [4.69, 9.17) is 9.31 Å². The number of hydrogen-bond donors (Lipinski definition) is 0. The number of carbonyl (C=O) groups excluding carboxylic acids is 1. The second-order valence-electron chi connectivity index (χ2n) is 14.7. The van der Waals surface area contributed by atoms with Gasteiger partial charge in [0.1, 0.15) is 12.4 Å². The molecule has 2 heterocycles. The van der Waals surface area contributed by atoms with Crippen LogP contribution in [-0.2, 0) is 45.8 Å². The zero-order valence-corrected chi connectivity index (χ0v) is 32.1. The Kier molecular flexibility index (Phi) is 11.7. The number of likely N-dealkylation sites (N-methyl/N-ethyl adjacent to an activating group) is 1. The van der Waals surface area contributed by atoms with Crippen molar-refractivity contribution in [3.05, 3.63) is 111 Å². The van der Waals surface area contributed by atoms with E-state index in [1.165, 1.54) is 23.9 Å². The van der Waals surface area contributed by atoms with Gasteiger partial charge in [-0.15, -0.1) is 0 Å². The molecule has 1 saturated heterocycles. The molecule has 0 radical (unpaired) electrons. The zero-order valence-electron chi connectivity index (χ0n) is 31.3. The molecule has 1 amide bonds. The quantitative estimate of drug-likeness (QED) is 0.0836. The summed E-state index contributed by atoms with van der Waals surface area (Å²) in [7, 11) is -0.432. The molecule has 0 bridgehead atoms. The third-order valence-electron chi connectivity index (χ3n) is 10.8. The molecule has 0 saturated carbocycles. The SMILES string of the molecule is CCN(CC)CCN(Cc1ccc(-c2ccc(F)cc2)cc1)C(=O)Cn1c(SCc2ccc(B3OC(C)(C)C(C)(C)O3)cc2)nc(=O)c2c1CCC2. The zero-order chi connectivity index (χ0) is 37.0. The van der Waals surface area contributed by atoms with Gasteiger partial charge in [0, 0.05) is 36.6 Å². The van der Waals surface area contributed by atoms with Crippen molar-refractivity contribution in [1.29, 1.82) is 0 Å². The summed E-state index contributed by atoms with van der Waals surface area (Å²) in [6, 6.07) is 22.8. The van der Waals surface area contributed by atoms with Gasteiger partial charge in [-0.25, -0.2) is 4.39 Å². The molecule has 4 aromatic rings. The minimum absolute atomic E-state index is 0.0112. The molecule has 0 N–H and O–H groups in total. The number of rotatable bonds is 14. The number of nitrogens with zero attached hydrogens (tertiary/aromatic N) is 4. The van der Waals surface area contributed by atoms with Crippen LogP contribution in [0, 0.1) is 5.82 Å². The average molecular weight is 725 g/mol. The lowest BCUT2D eigenvalue weighted by Crippen LogP contribution is -2.41. The maximum atomic E-state index is 14.3. The smallest absolute Gasteiger partial charge is 0.399 e. The van der Waals surface area contributed by atoms with Crippen molar-refractivity contribution in [2.24, 2.45) is 0 Å². The predicted molar refractivity (Wildman–Crippen MR) is 207 cm³/mol. The number of aromatic nitrogens is 2. The topological polar surface area (TPSA) is 76.9 Å². The third kappa shape index (κ3) is 8.54. The van der Waals surface area contributed by atoms with Gasteiger partial charge in [-0.1, -0.05) is 86.3 Å². The lowest BCUT2D eigenvalue weighted by molar-refractivity contribution is -0.132. The van der Waals surface area contributed by atoms with Crippen LogP contribution in [0.2, 0.25) is 0 Å². The van der Waals surface area contributed by atoms with Crippen LogP contribution in [0.15, 0.2) is 82.7 Å². The van der Waals surface area contributed by atoms with E-state index < -0.39 is 18.3 Å². The van der Waals surface area contributed by atoms with Gasteiger partial charge in [-0.3, -0.25) is 9.59 Å². The number of hydrogen-bond acceptors (Lipinski definition) is 7. The van der Waals surface area contributed by atoms with E-state index in [1.54, 1.807) is 12.1 Å². The summed E-state index contributed by atoms with van der Waals surface area (Å²) < 4.78 is 27.9. The van der Waals surface area contributed by atoms with Gasteiger partial charge in [-0.05, 0) is 99.9 Å². The van der Waals surface area contributed by atoms with Crippen LogP contribution in [0.1, 0.15) is 70.3 Å². The molecule has 0 spiro atoms. The van der Waals surface area contributed by atoms with Crippen LogP contribution < -0.4 is 11.0 Å². The Morgan fingerprint density at radius 3 is 2.08 bits per heavy atom. The first-order valence-electron chi connectivity index (χ1n) is 18.4. The van der Waals surface area contributed by atoms with Gasteiger partial charge >= 0.3 is 7.12 Å². The van der Waals surface area contributed by atoms with Gasteiger partial charge in [0.2, 0.25) is 5.91 Å². The van der Waals surface area contributed by atoms with Gasteiger partial charge < -0.3 is 23.7 Å². The highest BCUT2D eigenvalue weighted by Gasteiger charge is 2.51. The van der Waals surface area contributed by atoms with E-state index in [2.05, 4.69) is 35.9 Å². The molecule has 1 fully saturated rings. The second-order valence-corrected chi connectivity index (χ2v) is 15.7. The molecule has 8 nitrogen and oxygen atoms in total. The molecule has 11 heteroatoms. The number of carbonyl (C=O) groups is 1. The Hall–Kier alpha value is -3.77. The van der Waals surface area contributed by atoms with E-state index in [1.807, 2.05) is 73.6 Å². The Morgan fingerprint density at radius 2 is 1.46 bits per heavy atom. The van der Waals surface area contributed by atoms with Crippen LogP contribution >= 0.6 is 11.8 Å². The number of halogens is 1. The summed E-state index contributed by atoms with van der Waals surface area (Å²) in [6.45, 7) is 16.2. The fourth-order valence-electron chi connectivity index (χ4n) is 6.75. The van der Waals surface area contributed by atoms with Gasteiger partial charge in [0.25, 0.3) is 5.56 Å². The highest BCUT2D eigenvalue weighted by atomic mass is 32.2. The predicted octanol–water partition coefficient (Wildman–Crippen LogP) is 6.50. The van der Waals surface area contributed by atoms with Crippen molar-refractivity contribution in [2.45, 2.75) is 96.0 Å². The Bertz CT molecular complexity index is 1900. The van der Waals surface area contributed by atoms with E-state index in [9.17, 15) is 14.0 Å². The molecule has 52 heavy (non-hydrogen) atoms. The maximum Gasteiger partial charge on any atom is 0.494 e. The standard InChI is InChI=1S/C41H50BFN4O4S/c1-7-45(8-2)24-25-46(26-29-12-16-31(17-13-29)32-18-22-34(43)23-19-32)37(48)27-47-36-11-9-10-35(36)38(49)44-39(47)52-28-30-14-20-33(21-15-30)42-50-40(3,4)41(5,6)51-42/h12-23H,7-11,24-28H2,1-6H3. The fraction of sp³-hybridized carbons (Fsp3) is 0.439. The summed E-state index contributed by atoms with van der Waals surface area (Å²) in [4.78, 5) is 36.2. The number of amides is 1. The molecule has 1 aliphatic carbocycles. The molecule has 274 valence electrons. The van der Waals surface area contributed by atoms with E-state index in [-0.39, 0.29) is 23.8 Å². The van der Waals surface area contributed by atoms with E-state index in [0.29, 0.717) is 30.4 Å². The highest BCUT2D eigenvalue weighted by molar-refractivity contribution is 7.98. The summed E-state index contributed by atoms with van der Waals surface area (Å²) >= 11 is 1.49. The van der Waals surface area contributed by atoms with Crippen molar-refractivity contribution < 1.29 is 18.5 Å². The normalized spacial score (nSPS) is 16.0. The van der Waals surface area contributed by atoms with Gasteiger partial charge in [0.15, 0.2) is 5.16 Å². The van der Waals surface area contributed by atoms with Crippen molar-refractivity contribution in [3.8, 4) is 11.1 Å². The lowest BCUT2D eigenvalue weighted by Gasteiger charge is -2.32. The minimum atomic E-state index is -0.432. The van der Waals surface area contributed by atoms with Crippen LogP contribution in [0.4, 0.5) is 4.39 Å². The van der Waals surface area contributed by atoms with E-state index >= 15 is 0 Å². The molecule has 6 rings (SSSR count). The van der Waals surface area contributed by atoms with E-state index in [0.717, 1.165) is 71.4 Å². The summed E-state index contributed by atoms with van der Waals surface area (Å²) in [6.07, 6.45) is 2.31. The Morgan fingerprint density at radius 1 is 0.865 bits per heavy atom. The highest BCUT2D eigenvalue weighted by Crippen LogP contribution is 2.36.